The van der Waals surface area contributed by atoms with E-state index in [9.17, 15) is 9.36 Å². The van der Waals surface area contributed by atoms with Gasteiger partial charge in [0.05, 0.1) is 13.2 Å². The number of nitrogens with two attached hydrogens (primary N) is 1. The average Bonchev–Trinajstić information content (AvgIpc) is 2.11. The van der Waals surface area contributed by atoms with Crippen molar-refractivity contribution >= 4 is 13.2 Å². The van der Waals surface area contributed by atoms with E-state index in [4.69, 9.17) is 14.8 Å². The fourth-order valence-electron chi connectivity index (χ4n) is 0.659. The van der Waals surface area contributed by atoms with Gasteiger partial charge in [0, 0.05) is 0 Å². The smallest absolute Gasteiger partial charge is 0.359 e. The van der Waals surface area contributed by atoms with Crippen molar-refractivity contribution in [3.63, 3.8) is 0 Å². The molecule has 0 aromatic rings. The summed E-state index contributed by atoms with van der Waals surface area (Å²) in [6.45, 7) is 7.92. The van der Waals surface area contributed by atoms with Crippen molar-refractivity contribution in [2.75, 3.05) is 13.2 Å². The first-order valence-electron chi connectivity index (χ1n) is 4.97. The maximum absolute atomic E-state index is 11.8. The van der Waals surface area contributed by atoms with Gasteiger partial charge in [-0.2, -0.15) is 0 Å². The van der Waals surface area contributed by atoms with Gasteiger partial charge in [-0.1, -0.05) is 27.7 Å². The van der Waals surface area contributed by atoms with Gasteiger partial charge in [0.15, 0.2) is 0 Å². The van der Waals surface area contributed by atoms with Crippen molar-refractivity contribution in [2.45, 2.75) is 27.7 Å². The monoisotopic (exact) mass is 237 g/mol. The van der Waals surface area contributed by atoms with Crippen LogP contribution in [0.3, 0.4) is 0 Å². The molecule has 0 rings (SSSR count). The molecular weight excluding hydrogens is 217 g/mol. The quantitative estimate of drug-likeness (QED) is 0.690. The summed E-state index contributed by atoms with van der Waals surface area (Å²) in [5.74, 6) is 0.334. The molecule has 1 amide bonds. The van der Waals surface area contributed by atoms with E-state index in [0.717, 1.165) is 0 Å². The Hall–Kier alpha value is -0.380. The molecule has 5 nitrogen and oxygen atoms in total. The second-order valence-corrected chi connectivity index (χ2v) is 6.17. The van der Waals surface area contributed by atoms with E-state index in [1.54, 1.807) is 0 Å². The maximum atomic E-state index is 11.8. The van der Waals surface area contributed by atoms with Crippen LogP contribution in [0.2, 0.25) is 0 Å². The molecule has 0 aliphatic heterocycles. The highest BCUT2D eigenvalue weighted by Gasteiger charge is 2.33. The highest BCUT2D eigenvalue weighted by molar-refractivity contribution is 7.71. The summed E-state index contributed by atoms with van der Waals surface area (Å²) in [4.78, 5) is 11.0. The number of hydrogen-bond acceptors (Lipinski definition) is 4. The van der Waals surface area contributed by atoms with Gasteiger partial charge in [-0.3, -0.25) is 4.79 Å². The van der Waals surface area contributed by atoms with Crippen LogP contribution in [0.1, 0.15) is 27.7 Å². The lowest BCUT2D eigenvalue weighted by Gasteiger charge is -2.17. The summed E-state index contributed by atoms with van der Waals surface area (Å²) in [6, 6.07) is 0. The Labute approximate surface area is 90.9 Å². The Kier molecular flexibility index (Phi) is 6.10. The predicted octanol–water partition coefficient (Wildman–Crippen LogP) is 2.60. The number of carbonyl (C=O) groups is 1. The normalized spacial score (nSPS) is 12.4. The zero-order valence-corrected chi connectivity index (χ0v) is 10.6. The third-order valence-electron chi connectivity index (χ3n) is 1.43. The molecule has 0 unspecified atom stereocenters. The number of carbonyl (C=O) groups excluding carboxylic acids is 1. The SMILES string of the molecule is CC(C)COP(=O)(OCC(C)C)C(N)=O. The molecule has 0 atom stereocenters. The van der Waals surface area contributed by atoms with Crippen LogP contribution >= 0.6 is 7.60 Å². The van der Waals surface area contributed by atoms with Crippen LogP contribution in [-0.2, 0) is 13.6 Å². The Morgan fingerprint density at radius 3 is 1.67 bits per heavy atom. The summed E-state index contributed by atoms with van der Waals surface area (Å²) < 4.78 is 21.7. The van der Waals surface area contributed by atoms with Crippen LogP contribution in [0.5, 0.6) is 0 Å². The molecule has 0 fully saturated rings. The molecule has 0 saturated heterocycles. The first-order chi connectivity index (χ1) is 6.78. The summed E-state index contributed by atoms with van der Waals surface area (Å²) in [7, 11) is -3.76. The van der Waals surface area contributed by atoms with Gasteiger partial charge in [0.25, 0.3) is 0 Å². The first kappa shape index (κ1) is 14.6. The van der Waals surface area contributed by atoms with Crippen molar-refractivity contribution in [3.8, 4) is 0 Å². The lowest BCUT2D eigenvalue weighted by atomic mass is 10.2. The van der Waals surface area contributed by atoms with Gasteiger partial charge < -0.3 is 14.8 Å². The molecule has 0 bridgehead atoms. The minimum atomic E-state index is -3.76. The van der Waals surface area contributed by atoms with Gasteiger partial charge in [-0.15, -0.1) is 0 Å². The summed E-state index contributed by atoms with van der Waals surface area (Å²) >= 11 is 0. The van der Waals surface area contributed by atoms with Crippen molar-refractivity contribution in [3.05, 3.63) is 0 Å². The van der Waals surface area contributed by atoms with Crippen LogP contribution in [0.4, 0.5) is 4.79 Å². The lowest BCUT2D eigenvalue weighted by Crippen LogP contribution is -2.17. The lowest BCUT2D eigenvalue weighted by molar-refractivity contribution is 0.172. The van der Waals surface area contributed by atoms with Crippen molar-refractivity contribution in [2.24, 2.45) is 17.6 Å². The highest BCUT2D eigenvalue weighted by Crippen LogP contribution is 2.48. The van der Waals surface area contributed by atoms with Crippen LogP contribution in [-0.4, -0.2) is 18.9 Å². The van der Waals surface area contributed by atoms with Gasteiger partial charge in [-0.25, -0.2) is 4.57 Å². The topological polar surface area (TPSA) is 78.6 Å². The van der Waals surface area contributed by atoms with E-state index >= 15 is 0 Å². The first-order valence-corrected chi connectivity index (χ1v) is 6.51. The van der Waals surface area contributed by atoms with E-state index in [1.807, 2.05) is 27.7 Å². The molecular formula is C9H20NO4P. The van der Waals surface area contributed by atoms with E-state index in [0.29, 0.717) is 0 Å². The molecule has 0 aliphatic rings. The summed E-state index contributed by atoms with van der Waals surface area (Å²) in [5.41, 5.74) is 3.97. The van der Waals surface area contributed by atoms with Crippen LogP contribution < -0.4 is 5.73 Å². The Balaban J connectivity index is 4.33. The molecule has 0 aromatic heterocycles. The molecule has 15 heavy (non-hydrogen) atoms. The highest BCUT2D eigenvalue weighted by atomic mass is 31.2. The fraction of sp³-hybridized carbons (Fsp3) is 0.889. The van der Waals surface area contributed by atoms with E-state index in [2.05, 4.69) is 0 Å². The second-order valence-electron chi connectivity index (χ2n) is 4.21. The van der Waals surface area contributed by atoms with Gasteiger partial charge in [0.2, 0.25) is 0 Å². The van der Waals surface area contributed by atoms with Crippen LogP contribution in [0, 0.1) is 11.8 Å². The number of rotatable bonds is 7. The number of amides is 1. The van der Waals surface area contributed by atoms with Crippen molar-refractivity contribution in [1.82, 2.24) is 0 Å². The predicted molar refractivity (Wildman–Crippen MR) is 58.8 cm³/mol. The minimum Gasteiger partial charge on any atom is -0.359 e. The molecule has 0 aliphatic carbocycles. The molecule has 2 N–H and O–H groups in total. The Morgan fingerprint density at radius 1 is 1.13 bits per heavy atom. The number of primary amides is 1. The number of hydrogen-bond donors (Lipinski definition) is 1. The van der Waals surface area contributed by atoms with Gasteiger partial charge in [-0.05, 0) is 11.8 Å². The molecule has 0 spiro atoms. The molecule has 0 saturated carbocycles. The molecule has 0 heterocycles. The van der Waals surface area contributed by atoms with Crippen molar-refractivity contribution < 1.29 is 18.4 Å². The third-order valence-corrected chi connectivity index (χ3v) is 2.94. The zero-order valence-electron chi connectivity index (χ0n) is 9.73. The Bertz CT molecular complexity index is 236. The average molecular weight is 237 g/mol. The standard InChI is InChI=1S/C9H20NO4P/c1-7(2)5-13-15(12,9(10)11)14-6-8(3)4/h7-8H,5-6H2,1-4H3,(H2,10,11). The van der Waals surface area contributed by atoms with Crippen LogP contribution in [0.15, 0.2) is 0 Å². The molecule has 90 valence electrons. The van der Waals surface area contributed by atoms with Crippen LogP contribution in [0.25, 0.3) is 0 Å². The largest absolute Gasteiger partial charge is 0.417 e. The van der Waals surface area contributed by atoms with E-state index in [1.165, 1.54) is 0 Å². The molecule has 0 radical (unpaired) electrons. The van der Waals surface area contributed by atoms with E-state index in [-0.39, 0.29) is 25.0 Å². The van der Waals surface area contributed by atoms with Crippen molar-refractivity contribution in [1.29, 1.82) is 0 Å². The summed E-state index contributed by atoms with van der Waals surface area (Å²) in [6.07, 6.45) is 0. The minimum absolute atomic E-state index is 0.167. The fourth-order valence-corrected chi connectivity index (χ4v) is 1.98. The third kappa shape index (κ3) is 5.92. The molecule has 0 aromatic carbocycles. The van der Waals surface area contributed by atoms with Gasteiger partial charge in [0.1, 0.15) is 0 Å². The second kappa shape index (κ2) is 6.26. The summed E-state index contributed by atoms with van der Waals surface area (Å²) in [5, 5.41) is 0. The zero-order chi connectivity index (χ0) is 12.1. The van der Waals surface area contributed by atoms with E-state index < -0.39 is 13.2 Å². The molecule has 6 heteroatoms. The van der Waals surface area contributed by atoms with Gasteiger partial charge >= 0.3 is 13.2 Å². The maximum Gasteiger partial charge on any atom is 0.417 e. The Morgan fingerprint density at radius 2 is 1.47 bits per heavy atom.